The average Bonchev–Trinajstić information content (AvgIpc) is 0.773. The first-order chi connectivity index (χ1) is 52.0. The van der Waals surface area contributed by atoms with Crippen LogP contribution in [0.5, 0.6) is 0 Å². The number of rotatable bonds is 13. The summed E-state index contributed by atoms with van der Waals surface area (Å²) in [6.07, 6.45) is 0. The third-order valence-electron chi connectivity index (χ3n) is 19.7. The van der Waals surface area contributed by atoms with Crippen LogP contribution in [0.2, 0.25) is 0 Å². The van der Waals surface area contributed by atoms with Crippen LogP contribution in [-0.2, 0) is 0 Å². The first kappa shape index (κ1) is 65.7. The van der Waals surface area contributed by atoms with E-state index in [4.69, 9.17) is 44.9 Å². The molecule has 504 valence electrons. The molecule has 0 fully saturated rings. The Labute approximate surface area is 616 Å². The molecule has 12 aromatic carbocycles. The molecule has 0 amide bonds. The van der Waals surface area contributed by atoms with Crippen LogP contribution in [0.4, 0.5) is 0 Å². The van der Waals surface area contributed by atoms with Crippen LogP contribution in [0.1, 0.15) is 42.3 Å². The fourth-order valence-corrected chi connectivity index (χ4v) is 13.9. The lowest BCUT2D eigenvalue weighted by Gasteiger charge is -2.12. The van der Waals surface area contributed by atoms with Crippen LogP contribution in [0.3, 0.4) is 0 Å². The average molecular weight is 1360 g/mol. The van der Waals surface area contributed by atoms with Gasteiger partial charge in [0.05, 0.1) is 44.8 Å². The SMILES string of the molecule is Cc1cc(-c2cccc(-c3ccc(-c4nc(-c5ccccc5)cc(-c5ccc(-c6ccccc6)cc5)n4)cc3)c2)nc2c1ccc1ccc(C(C)C)nc12.Cc1ccc2ccc3c(C)cc(-c4cccc(-c5ccc(-c6nc(-c7ccccc7)nc(-c7ccc(-c8ccccc8)cc7)n6)cc5)c4)nc3c2n1. The minimum absolute atomic E-state index is 0.344. The van der Waals surface area contributed by atoms with E-state index in [0.717, 1.165) is 150 Å². The van der Waals surface area contributed by atoms with E-state index in [-0.39, 0.29) is 0 Å². The number of benzene rings is 12. The van der Waals surface area contributed by atoms with Crippen molar-refractivity contribution < 1.29 is 0 Å². The van der Waals surface area contributed by atoms with E-state index in [1.165, 1.54) is 27.8 Å². The van der Waals surface area contributed by atoms with Gasteiger partial charge in [0.2, 0.25) is 0 Å². The molecule has 0 atom stereocenters. The summed E-state index contributed by atoms with van der Waals surface area (Å²) in [5.74, 6) is 2.94. The number of fused-ring (bicyclic) bond motifs is 6. The van der Waals surface area contributed by atoms with Crippen molar-refractivity contribution in [1.82, 2.24) is 44.9 Å². The number of aryl methyl sites for hydroxylation is 3. The second-order valence-electron chi connectivity index (χ2n) is 27.3. The minimum Gasteiger partial charge on any atom is -0.251 e. The van der Waals surface area contributed by atoms with Gasteiger partial charge in [-0.25, -0.2) is 34.9 Å². The van der Waals surface area contributed by atoms with Gasteiger partial charge < -0.3 is 0 Å². The van der Waals surface area contributed by atoms with Crippen LogP contribution in [-0.4, -0.2) is 44.9 Å². The maximum absolute atomic E-state index is 5.23. The molecule has 0 aliphatic rings. The Balaban J connectivity index is 0.000000156. The summed E-state index contributed by atoms with van der Waals surface area (Å²) in [4.78, 5) is 45.3. The fourth-order valence-electron chi connectivity index (χ4n) is 13.9. The highest BCUT2D eigenvalue weighted by Gasteiger charge is 2.18. The highest BCUT2D eigenvalue weighted by molar-refractivity contribution is 6.06. The molecule has 6 heterocycles. The lowest BCUT2D eigenvalue weighted by atomic mass is 9.98. The summed E-state index contributed by atoms with van der Waals surface area (Å²) in [6, 6.07) is 116. The van der Waals surface area contributed by atoms with Crippen LogP contribution < -0.4 is 0 Å². The van der Waals surface area contributed by atoms with Crippen LogP contribution >= 0.6 is 0 Å². The summed E-state index contributed by atoms with van der Waals surface area (Å²) < 4.78 is 0. The second kappa shape index (κ2) is 28.7. The van der Waals surface area contributed by atoms with Gasteiger partial charge in [-0.05, 0) is 125 Å². The lowest BCUT2D eigenvalue weighted by Crippen LogP contribution is -2.00. The van der Waals surface area contributed by atoms with Gasteiger partial charge >= 0.3 is 0 Å². The van der Waals surface area contributed by atoms with Crippen molar-refractivity contribution in [2.24, 2.45) is 0 Å². The molecule has 6 aromatic heterocycles. The summed E-state index contributed by atoms with van der Waals surface area (Å²) in [6.45, 7) is 10.7. The molecule has 0 bridgehead atoms. The Morgan fingerprint density at radius 2 is 0.500 bits per heavy atom. The third-order valence-corrected chi connectivity index (χ3v) is 19.7. The van der Waals surface area contributed by atoms with E-state index in [0.29, 0.717) is 29.2 Å². The molecule has 0 radical (unpaired) electrons. The Morgan fingerprint density at radius 3 is 0.934 bits per heavy atom. The van der Waals surface area contributed by atoms with E-state index < -0.39 is 0 Å². The maximum Gasteiger partial charge on any atom is 0.164 e. The highest BCUT2D eigenvalue weighted by atomic mass is 15.0. The van der Waals surface area contributed by atoms with Gasteiger partial charge in [0, 0.05) is 77.4 Å². The van der Waals surface area contributed by atoms with Gasteiger partial charge in [-0.3, -0.25) is 9.97 Å². The molecule has 106 heavy (non-hydrogen) atoms. The normalized spacial score (nSPS) is 11.3. The van der Waals surface area contributed by atoms with Crippen molar-refractivity contribution >= 4 is 43.6 Å². The number of hydrogen-bond acceptors (Lipinski definition) is 9. The largest absolute Gasteiger partial charge is 0.251 e. The fraction of sp³-hybridized carbons (Fsp3) is 0.0619. The standard InChI is InChI=1S/C50H38N4.C47H33N5/c1-32(2)44-28-26-39-25-27-43-33(3)29-45(52-49(43)48(39)51-44)42-16-10-15-41(30-42)36-19-23-40(24-20-36)50-53-46(37-13-8-5-9-14-37)31-47(54-50)38-21-17-35(18-22-38)34-11-6-4-7-12-34;1-30-28-42(49-44-41(30)27-26-35-17-16-31(2)48-43(35)44)40-15-9-14-39(29-40)34-20-24-38(25-21-34)47-51-45(36-12-7-4-8-13-36)50-46(52-47)37-22-18-33(19-23-37)32-10-5-3-6-11-32/h4-32H,1-3H3;3-29H,1-2H3. The van der Waals surface area contributed by atoms with Crippen molar-refractivity contribution in [3.05, 3.63) is 356 Å². The summed E-state index contributed by atoms with van der Waals surface area (Å²) in [7, 11) is 0. The molecule has 0 aliphatic heterocycles. The molecular weight excluding hydrogens is 1290 g/mol. The molecule has 18 aromatic rings. The topological polar surface area (TPSA) is 116 Å². The monoisotopic (exact) mass is 1360 g/mol. The van der Waals surface area contributed by atoms with Crippen molar-refractivity contribution in [3.8, 4) is 135 Å². The van der Waals surface area contributed by atoms with Gasteiger partial charge in [-0.2, -0.15) is 0 Å². The van der Waals surface area contributed by atoms with Crippen molar-refractivity contribution in [1.29, 1.82) is 0 Å². The zero-order valence-electron chi connectivity index (χ0n) is 59.4. The molecule has 0 N–H and O–H groups in total. The molecular formula is C97H71N9. The molecule has 9 heteroatoms. The molecule has 0 spiro atoms. The molecule has 9 nitrogen and oxygen atoms in total. The summed E-state index contributed by atoms with van der Waals surface area (Å²) in [5.41, 5.74) is 29.0. The number of aromatic nitrogens is 9. The maximum atomic E-state index is 5.23. The van der Waals surface area contributed by atoms with Crippen molar-refractivity contribution in [2.75, 3.05) is 0 Å². The first-order valence-corrected chi connectivity index (χ1v) is 35.9. The highest BCUT2D eigenvalue weighted by Crippen LogP contribution is 2.38. The second-order valence-corrected chi connectivity index (χ2v) is 27.3. The molecule has 18 rings (SSSR count). The van der Waals surface area contributed by atoms with Crippen molar-refractivity contribution in [3.63, 3.8) is 0 Å². The number of pyridine rings is 4. The zero-order valence-corrected chi connectivity index (χ0v) is 59.4. The van der Waals surface area contributed by atoms with Gasteiger partial charge in [0.25, 0.3) is 0 Å². The lowest BCUT2D eigenvalue weighted by molar-refractivity contribution is 0.830. The Bertz CT molecular complexity index is 6270. The minimum atomic E-state index is 0.344. The zero-order chi connectivity index (χ0) is 71.6. The Kier molecular flexibility index (Phi) is 17.8. The van der Waals surface area contributed by atoms with E-state index in [1.54, 1.807) is 0 Å². The Morgan fingerprint density at radius 1 is 0.198 bits per heavy atom. The van der Waals surface area contributed by atoms with Gasteiger partial charge in [-0.1, -0.05) is 305 Å². The summed E-state index contributed by atoms with van der Waals surface area (Å²) >= 11 is 0. The predicted molar refractivity (Wildman–Crippen MR) is 437 cm³/mol. The van der Waals surface area contributed by atoms with Crippen LogP contribution in [0.15, 0.2) is 334 Å². The van der Waals surface area contributed by atoms with E-state index in [9.17, 15) is 0 Å². The summed E-state index contributed by atoms with van der Waals surface area (Å²) in [5, 5.41) is 4.47. The van der Waals surface area contributed by atoms with E-state index in [2.05, 4.69) is 295 Å². The smallest absolute Gasteiger partial charge is 0.164 e. The Hall–Kier alpha value is -13.6. The predicted octanol–water partition coefficient (Wildman–Crippen LogP) is 24.6. The molecule has 0 saturated carbocycles. The molecule has 0 saturated heterocycles. The van der Waals surface area contributed by atoms with E-state index >= 15 is 0 Å². The quantitative estimate of drug-likeness (QED) is 0.104. The van der Waals surface area contributed by atoms with Gasteiger partial charge in [-0.15, -0.1) is 0 Å². The number of hydrogen-bond donors (Lipinski definition) is 0. The van der Waals surface area contributed by atoms with Crippen LogP contribution in [0.25, 0.3) is 179 Å². The molecule has 0 aliphatic carbocycles. The first-order valence-electron chi connectivity index (χ1n) is 35.9. The number of nitrogens with zero attached hydrogens (tertiary/aromatic N) is 9. The van der Waals surface area contributed by atoms with Gasteiger partial charge in [0.1, 0.15) is 0 Å². The van der Waals surface area contributed by atoms with Gasteiger partial charge in [0.15, 0.2) is 23.3 Å². The third kappa shape index (κ3) is 13.6. The molecule has 0 unspecified atom stereocenters. The van der Waals surface area contributed by atoms with Crippen molar-refractivity contribution in [2.45, 2.75) is 40.5 Å². The van der Waals surface area contributed by atoms with E-state index in [1.807, 2.05) is 73.7 Å². The van der Waals surface area contributed by atoms with Crippen LogP contribution in [0, 0.1) is 20.8 Å².